The summed E-state index contributed by atoms with van der Waals surface area (Å²) in [5.41, 5.74) is 0. The molecule has 0 saturated heterocycles. The van der Waals surface area contributed by atoms with Crippen LogP contribution in [0.1, 0.15) is 0 Å². The molecular weight excluding hydrogens is 265 g/mol. The molecule has 0 aliphatic heterocycles. The third-order valence-electron chi connectivity index (χ3n) is 1.23. The molecule has 17 heavy (non-hydrogen) atoms. The molecule has 0 spiro atoms. The van der Waals surface area contributed by atoms with E-state index in [0.717, 1.165) is 0 Å². The smallest absolute Gasteiger partial charge is 0.421 e. The predicted octanol–water partition coefficient (Wildman–Crippen LogP) is 2.48. The SMILES string of the molecule is C=CC(=O)OC(F)C(F)(F)C(F)OC(F)(F)F. The number of carbonyl (C=O) groups is 1. The second-order valence-electron chi connectivity index (χ2n) is 2.51. The Labute approximate surface area is 89.8 Å². The number of carbonyl (C=O) groups excluding carboxylic acids is 1. The molecule has 0 rings (SSSR count). The van der Waals surface area contributed by atoms with Crippen LogP contribution in [0.3, 0.4) is 0 Å². The molecule has 0 amide bonds. The Kier molecular flexibility index (Phi) is 4.93. The fourth-order valence-electron chi connectivity index (χ4n) is 0.528. The van der Waals surface area contributed by atoms with Gasteiger partial charge in [0.15, 0.2) is 0 Å². The quantitative estimate of drug-likeness (QED) is 0.437. The van der Waals surface area contributed by atoms with Crippen LogP contribution in [0, 0.1) is 0 Å². The first kappa shape index (κ1) is 15.7. The molecule has 0 N–H and O–H groups in total. The van der Waals surface area contributed by atoms with E-state index in [2.05, 4.69) is 16.1 Å². The Morgan fingerprint density at radius 1 is 1.12 bits per heavy atom. The van der Waals surface area contributed by atoms with E-state index in [4.69, 9.17) is 0 Å². The zero-order valence-electron chi connectivity index (χ0n) is 7.81. The minimum atomic E-state index is -5.73. The van der Waals surface area contributed by atoms with E-state index >= 15 is 0 Å². The van der Waals surface area contributed by atoms with Gasteiger partial charge in [0, 0.05) is 6.08 Å². The highest BCUT2D eigenvalue weighted by Crippen LogP contribution is 2.33. The van der Waals surface area contributed by atoms with Crippen LogP contribution >= 0.6 is 0 Å². The average Bonchev–Trinajstić information content (AvgIpc) is 2.14. The van der Waals surface area contributed by atoms with Crippen molar-refractivity contribution in [1.82, 2.24) is 0 Å². The van der Waals surface area contributed by atoms with Gasteiger partial charge in [-0.25, -0.2) is 9.18 Å². The summed E-state index contributed by atoms with van der Waals surface area (Å²) in [7, 11) is 0. The Hall–Kier alpha value is -1.32. The van der Waals surface area contributed by atoms with Crippen molar-refractivity contribution in [3.63, 3.8) is 0 Å². The van der Waals surface area contributed by atoms with Crippen molar-refractivity contribution < 1.29 is 45.0 Å². The monoisotopic (exact) mass is 270 g/mol. The summed E-state index contributed by atoms with van der Waals surface area (Å²) < 4.78 is 89.6. The summed E-state index contributed by atoms with van der Waals surface area (Å²) in [6.45, 7) is 2.71. The van der Waals surface area contributed by atoms with Crippen LogP contribution in [-0.4, -0.2) is 31.0 Å². The molecule has 0 aliphatic rings. The van der Waals surface area contributed by atoms with E-state index < -0.39 is 31.0 Å². The Morgan fingerprint density at radius 2 is 1.59 bits per heavy atom. The first-order valence-electron chi connectivity index (χ1n) is 3.74. The molecule has 10 heteroatoms. The number of halogens is 7. The van der Waals surface area contributed by atoms with E-state index in [1.54, 1.807) is 0 Å². The molecule has 0 heterocycles. The van der Waals surface area contributed by atoms with Gasteiger partial charge in [-0.2, -0.15) is 13.2 Å². The highest BCUT2D eigenvalue weighted by Gasteiger charge is 2.55. The van der Waals surface area contributed by atoms with Gasteiger partial charge in [-0.3, -0.25) is 4.74 Å². The van der Waals surface area contributed by atoms with Gasteiger partial charge in [-0.05, 0) is 0 Å². The maximum absolute atomic E-state index is 12.6. The summed E-state index contributed by atoms with van der Waals surface area (Å²) in [5.74, 6) is -7.01. The molecule has 2 unspecified atom stereocenters. The summed E-state index contributed by atoms with van der Waals surface area (Å²) in [5, 5.41) is 0. The van der Waals surface area contributed by atoms with E-state index in [1.807, 2.05) is 0 Å². The topological polar surface area (TPSA) is 35.5 Å². The van der Waals surface area contributed by atoms with Crippen LogP contribution < -0.4 is 0 Å². The fourth-order valence-corrected chi connectivity index (χ4v) is 0.528. The zero-order chi connectivity index (χ0) is 13.9. The van der Waals surface area contributed by atoms with Crippen molar-refractivity contribution in [1.29, 1.82) is 0 Å². The van der Waals surface area contributed by atoms with Crippen molar-refractivity contribution in [2.75, 3.05) is 0 Å². The lowest BCUT2D eigenvalue weighted by molar-refractivity contribution is -0.399. The van der Waals surface area contributed by atoms with Crippen LogP contribution in [0.2, 0.25) is 0 Å². The Bertz CT molecular complexity index is 288. The van der Waals surface area contributed by atoms with E-state index in [-0.39, 0.29) is 6.08 Å². The van der Waals surface area contributed by atoms with E-state index in [0.29, 0.717) is 0 Å². The van der Waals surface area contributed by atoms with Crippen LogP contribution in [0.5, 0.6) is 0 Å². The first-order chi connectivity index (χ1) is 7.50. The number of hydrogen-bond acceptors (Lipinski definition) is 3. The second kappa shape index (κ2) is 5.34. The Morgan fingerprint density at radius 3 is 1.94 bits per heavy atom. The highest BCUT2D eigenvalue weighted by molar-refractivity contribution is 5.81. The van der Waals surface area contributed by atoms with Gasteiger partial charge in [-0.15, -0.1) is 13.2 Å². The molecule has 3 nitrogen and oxygen atoms in total. The van der Waals surface area contributed by atoms with Crippen LogP contribution in [0.15, 0.2) is 12.7 Å². The lowest BCUT2D eigenvalue weighted by Crippen LogP contribution is -2.45. The zero-order valence-corrected chi connectivity index (χ0v) is 7.81. The van der Waals surface area contributed by atoms with E-state index in [1.165, 1.54) is 0 Å². The largest absolute Gasteiger partial charge is 0.525 e. The molecule has 0 saturated carbocycles. The Balaban J connectivity index is 4.63. The molecule has 2 atom stereocenters. The maximum Gasteiger partial charge on any atom is 0.525 e. The lowest BCUT2D eigenvalue weighted by atomic mass is 10.3. The summed E-state index contributed by atoms with van der Waals surface area (Å²) in [4.78, 5) is 10.3. The minimum absolute atomic E-state index is 0.264. The molecular formula is C7H5F7O3. The molecule has 0 fully saturated rings. The number of rotatable bonds is 5. The molecule has 0 bridgehead atoms. The number of hydrogen-bond donors (Lipinski definition) is 0. The second-order valence-corrected chi connectivity index (χ2v) is 2.51. The van der Waals surface area contributed by atoms with Crippen molar-refractivity contribution in [2.45, 2.75) is 25.0 Å². The minimum Gasteiger partial charge on any atom is -0.421 e. The van der Waals surface area contributed by atoms with Crippen LogP contribution in [0.25, 0.3) is 0 Å². The molecule has 0 aromatic rings. The average molecular weight is 270 g/mol. The summed E-state index contributed by atoms with van der Waals surface area (Å²) in [6, 6.07) is 0. The number of ether oxygens (including phenoxy) is 2. The van der Waals surface area contributed by atoms with Crippen LogP contribution in [0.4, 0.5) is 30.7 Å². The first-order valence-corrected chi connectivity index (χ1v) is 3.74. The standard InChI is InChI=1S/C7H5F7O3/c1-2-3(15)16-4(8)6(10,11)5(9)17-7(12,13)14/h2,4-5H,1H2. The summed E-state index contributed by atoms with van der Waals surface area (Å²) in [6.07, 6.45) is -13.8. The van der Waals surface area contributed by atoms with Crippen molar-refractivity contribution >= 4 is 5.97 Å². The number of alkyl halides is 7. The molecule has 0 radical (unpaired) electrons. The van der Waals surface area contributed by atoms with E-state index in [9.17, 15) is 35.5 Å². The predicted molar refractivity (Wildman–Crippen MR) is 38.2 cm³/mol. The van der Waals surface area contributed by atoms with Gasteiger partial charge in [0.2, 0.25) is 0 Å². The molecule has 0 aliphatic carbocycles. The maximum atomic E-state index is 12.6. The third-order valence-corrected chi connectivity index (χ3v) is 1.23. The van der Waals surface area contributed by atoms with Gasteiger partial charge < -0.3 is 4.74 Å². The van der Waals surface area contributed by atoms with Crippen molar-refractivity contribution in [3.05, 3.63) is 12.7 Å². The molecule has 0 aromatic heterocycles. The van der Waals surface area contributed by atoms with Gasteiger partial charge in [-0.1, -0.05) is 6.58 Å². The van der Waals surface area contributed by atoms with Gasteiger partial charge in [0.25, 0.3) is 6.36 Å². The molecule has 0 aromatic carbocycles. The van der Waals surface area contributed by atoms with Crippen LogP contribution in [-0.2, 0) is 14.3 Å². The van der Waals surface area contributed by atoms with Crippen molar-refractivity contribution in [2.24, 2.45) is 0 Å². The molecule has 100 valence electrons. The lowest BCUT2D eigenvalue weighted by Gasteiger charge is -2.23. The van der Waals surface area contributed by atoms with Crippen molar-refractivity contribution in [3.8, 4) is 0 Å². The summed E-state index contributed by atoms with van der Waals surface area (Å²) >= 11 is 0. The highest BCUT2D eigenvalue weighted by atomic mass is 19.4. The van der Waals surface area contributed by atoms with Gasteiger partial charge >= 0.3 is 24.6 Å². The fraction of sp³-hybridized carbons (Fsp3) is 0.571. The van der Waals surface area contributed by atoms with Gasteiger partial charge in [0.1, 0.15) is 0 Å². The normalized spacial score (nSPS) is 16.2. The number of esters is 1. The van der Waals surface area contributed by atoms with Gasteiger partial charge in [0.05, 0.1) is 0 Å². The third kappa shape index (κ3) is 5.02.